The van der Waals surface area contributed by atoms with Crippen LogP contribution < -0.4 is 10.5 Å². The summed E-state index contributed by atoms with van der Waals surface area (Å²) in [4.78, 5) is 11.7. The molecule has 1 aromatic rings. The molecule has 1 aliphatic rings. The topological polar surface area (TPSA) is 98.5 Å². The highest BCUT2D eigenvalue weighted by Crippen LogP contribution is 2.25. The molecule has 128 valence electrons. The summed E-state index contributed by atoms with van der Waals surface area (Å²) in [6.07, 6.45) is 3.85. The first kappa shape index (κ1) is 17.9. The molecule has 7 heteroatoms. The van der Waals surface area contributed by atoms with Gasteiger partial charge in [-0.25, -0.2) is 17.9 Å². The SMILES string of the molecule is CCOC(=O)c1ccc(S(=O)(=O)NC2CCCCC2CN)cc1. The molecule has 0 aromatic heterocycles. The molecule has 3 N–H and O–H groups in total. The maximum Gasteiger partial charge on any atom is 0.338 e. The largest absolute Gasteiger partial charge is 0.462 e. The number of carbonyl (C=O) groups excluding carboxylic acids is 1. The average Bonchev–Trinajstić information content (AvgIpc) is 2.55. The van der Waals surface area contributed by atoms with Crippen LogP contribution in [0.3, 0.4) is 0 Å². The van der Waals surface area contributed by atoms with Crippen molar-refractivity contribution in [1.29, 1.82) is 0 Å². The number of ether oxygens (including phenoxy) is 1. The normalized spacial score (nSPS) is 21.8. The summed E-state index contributed by atoms with van der Waals surface area (Å²) >= 11 is 0. The van der Waals surface area contributed by atoms with Crippen LogP contribution in [0, 0.1) is 5.92 Å². The zero-order valence-corrected chi connectivity index (χ0v) is 14.1. The van der Waals surface area contributed by atoms with E-state index in [4.69, 9.17) is 10.5 Å². The van der Waals surface area contributed by atoms with Crippen LogP contribution in [0.1, 0.15) is 43.0 Å². The third-order valence-electron chi connectivity index (χ3n) is 4.19. The van der Waals surface area contributed by atoms with Crippen LogP contribution >= 0.6 is 0 Å². The minimum Gasteiger partial charge on any atom is -0.462 e. The van der Waals surface area contributed by atoms with E-state index in [1.54, 1.807) is 6.92 Å². The fraction of sp³-hybridized carbons (Fsp3) is 0.562. The Labute approximate surface area is 137 Å². The predicted octanol–water partition coefficient (Wildman–Crippen LogP) is 1.66. The molecule has 0 amide bonds. The Morgan fingerprint density at radius 2 is 1.91 bits per heavy atom. The van der Waals surface area contributed by atoms with E-state index in [2.05, 4.69) is 4.72 Å². The Balaban J connectivity index is 2.11. The number of hydrogen-bond acceptors (Lipinski definition) is 5. The van der Waals surface area contributed by atoms with Crippen molar-refractivity contribution in [3.05, 3.63) is 29.8 Å². The van der Waals surface area contributed by atoms with Crippen LogP contribution in [-0.4, -0.2) is 33.6 Å². The lowest BCUT2D eigenvalue weighted by Crippen LogP contribution is -2.44. The minimum atomic E-state index is -3.62. The van der Waals surface area contributed by atoms with E-state index in [0.29, 0.717) is 12.1 Å². The first-order valence-corrected chi connectivity index (χ1v) is 9.46. The van der Waals surface area contributed by atoms with Crippen LogP contribution in [0.2, 0.25) is 0 Å². The molecule has 1 aromatic carbocycles. The molecule has 23 heavy (non-hydrogen) atoms. The van der Waals surface area contributed by atoms with Gasteiger partial charge >= 0.3 is 5.97 Å². The quantitative estimate of drug-likeness (QED) is 0.767. The number of carbonyl (C=O) groups is 1. The summed E-state index contributed by atoms with van der Waals surface area (Å²) in [5.41, 5.74) is 6.08. The van der Waals surface area contributed by atoms with Crippen molar-refractivity contribution >= 4 is 16.0 Å². The lowest BCUT2D eigenvalue weighted by atomic mass is 9.85. The van der Waals surface area contributed by atoms with Gasteiger partial charge in [0, 0.05) is 6.04 Å². The molecule has 0 spiro atoms. The molecule has 6 nitrogen and oxygen atoms in total. The third kappa shape index (κ3) is 4.53. The molecule has 2 atom stereocenters. The summed E-state index contributed by atoms with van der Waals surface area (Å²) in [5, 5.41) is 0. The molecule has 0 bridgehead atoms. The lowest BCUT2D eigenvalue weighted by molar-refractivity contribution is 0.0526. The predicted molar refractivity (Wildman–Crippen MR) is 87.5 cm³/mol. The van der Waals surface area contributed by atoms with E-state index < -0.39 is 16.0 Å². The van der Waals surface area contributed by atoms with Gasteiger partial charge in [0.25, 0.3) is 0 Å². The highest BCUT2D eigenvalue weighted by molar-refractivity contribution is 7.89. The Kier molecular flexibility index (Phi) is 6.15. The van der Waals surface area contributed by atoms with Gasteiger partial charge in [-0.2, -0.15) is 0 Å². The Morgan fingerprint density at radius 3 is 2.52 bits per heavy atom. The van der Waals surface area contributed by atoms with Crippen LogP contribution in [0.4, 0.5) is 0 Å². The standard InChI is InChI=1S/C16H24N2O4S/c1-2-22-16(19)12-7-9-14(10-8-12)23(20,21)18-15-6-4-3-5-13(15)11-17/h7-10,13,15,18H,2-6,11,17H2,1H3. The maximum atomic E-state index is 12.5. The van der Waals surface area contributed by atoms with E-state index in [9.17, 15) is 13.2 Å². The number of nitrogens with one attached hydrogen (secondary N) is 1. The Bertz CT molecular complexity index is 628. The first-order valence-electron chi connectivity index (χ1n) is 7.97. The Hall–Kier alpha value is -1.44. The van der Waals surface area contributed by atoms with Gasteiger partial charge < -0.3 is 10.5 Å². The second-order valence-electron chi connectivity index (χ2n) is 5.75. The fourth-order valence-electron chi connectivity index (χ4n) is 2.90. The van der Waals surface area contributed by atoms with Gasteiger partial charge in [-0.1, -0.05) is 12.8 Å². The molecule has 0 radical (unpaired) electrons. The third-order valence-corrected chi connectivity index (χ3v) is 5.70. The molecule has 0 saturated heterocycles. The van der Waals surface area contributed by atoms with Crippen LogP contribution in [-0.2, 0) is 14.8 Å². The summed E-state index contributed by atoms with van der Waals surface area (Å²) in [7, 11) is -3.62. The van der Waals surface area contributed by atoms with Gasteiger partial charge in [0.1, 0.15) is 0 Å². The highest BCUT2D eigenvalue weighted by atomic mass is 32.2. The smallest absolute Gasteiger partial charge is 0.338 e. The number of rotatable bonds is 6. The van der Waals surface area contributed by atoms with Gasteiger partial charge in [0.05, 0.1) is 17.1 Å². The first-order chi connectivity index (χ1) is 11.0. The number of hydrogen-bond donors (Lipinski definition) is 2. The van der Waals surface area contributed by atoms with Crippen molar-refractivity contribution in [2.45, 2.75) is 43.5 Å². The van der Waals surface area contributed by atoms with Crippen molar-refractivity contribution in [2.24, 2.45) is 11.7 Å². The van der Waals surface area contributed by atoms with E-state index in [-0.39, 0.29) is 23.5 Å². The van der Waals surface area contributed by atoms with Crippen LogP contribution in [0.25, 0.3) is 0 Å². The average molecular weight is 340 g/mol. The lowest BCUT2D eigenvalue weighted by Gasteiger charge is -2.31. The van der Waals surface area contributed by atoms with Gasteiger partial charge in [0.15, 0.2) is 0 Å². The van der Waals surface area contributed by atoms with Crippen LogP contribution in [0.5, 0.6) is 0 Å². The van der Waals surface area contributed by atoms with E-state index in [1.165, 1.54) is 24.3 Å². The van der Waals surface area contributed by atoms with Gasteiger partial charge in [-0.3, -0.25) is 0 Å². The summed E-state index contributed by atoms with van der Waals surface area (Å²) in [6, 6.07) is 5.66. The van der Waals surface area contributed by atoms with Gasteiger partial charge in [-0.05, 0) is 56.5 Å². The highest BCUT2D eigenvalue weighted by Gasteiger charge is 2.28. The van der Waals surface area contributed by atoms with Crippen molar-refractivity contribution in [3.63, 3.8) is 0 Å². The van der Waals surface area contributed by atoms with Crippen molar-refractivity contribution in [2.75, 3.05) is 13.2 Å². The summed E-state index contributed by atoms with van der Waals surface area (Å²) in [6.45, 7) is 2.48. The van der Waals surface area contributed by atoms with Crippen molar-refractivity contribution in [3.8, 4) is 0 Å². The molecule has 2 unspecified atom stereocenters. The number of benzene rings is 1. The Morgan fingerprint density at radius 1 is 1.26 bits per heavy atom. The number of sulfonamides is 1. The number of nitrogens with two attached hydrogens (primary N) is 1. The van der Waals surface area contributed by atoms with Gasteiger partial charge in [0.2, 0.25) is 10.0 Å². The number of esters is 1. The van der Waals surface area contributed by atoms with Crippen molar-refractivity contribution < 1.29 is 17.9 Å². The minimum absolute atomic E-state index is 0.122. The molecule has 1 saturated carbocycles. The second kappa shape index (κ2) is 7.90. The maximum absolute atomic E-state index is 12.5. The summed E-state index contributed by atoms with van der Waals surface area (Å²) < 4.78 is 32.6. The van der Waals surface area contributed by atoms with Gasteiger partial charge in [-0.15, -0.1) is 0 Å². The fourth-order valence-corrected chi connectivity index (χ4v) is 4.24. The van der Waals surface area contributed by atoms with Crippen LogP contribution in [0.15, 0.2) is 29.2 Å². The second-order valence-corrected chi connectivity index (χ2v) is 7.47. The molecular weight excluding hydrogens is 316 g/mol. The zero-order valence-electron chi connectivity index (χ0n) is 13.3. The monoisotopic (exact) mass is 340 g/mol. The molecule has 0 heterocycles. The molecule has 0 aliphatic heterocycles. The summed E-state index contributed by atoms with van der Waals surface area (Å²) in [5.74, 6) is -0.280. The molecule has 2 rings (SSSR count). The molecule has 1 fully saturated rings. The van der Waals surface area contributed by atoms with E-state index in [0.717, 1.165) is 25.7 Å². The zero-order chi connectivity index (χ0) is 16.9. The van der Waals surface area contributed by atoms with E-state index >= 15 is 0 Å². The molecule has 1 aliphatic carbocycles. The molecular formula is C16H24N2O4S. The van der Waals surface area contributed by atoms with E-state index in [1.807, 2.05) is 0 Å². The van der Waals surface area contributed by atoms with Crippen molar-refractivity contribution in [1.82, 2.24) is 4.72 Å².